The van der Waals surface area contributed by atoms with Gasteiger partial charge in [-0.25, -0.2) is 0 Å². The van der Waals surface area contributed by atoms with Crippen LogP contribution >= 0.6 is 39.9 Å². The molecule has 1 heterocycles. The highest BCUT2D eigenvalue weighted by Crippen LogP contribution is 2.22. The number of halogens is 2. The van der Waals surface area contributed by atoms with Gasteiger partial charge in [0, 0.05) is 55.6 Å². The number of nitrogens with one attached hydrogen (secondary N) is 2. The summed E-state index contributed by atoms with van der Waals surface area (Å²) in [7, 11) is 0. The second-order valence-corrected chi connectivity index (χ2v) is 6.78. The van der Waals surface area contributed by atoms with Crippen LogP contribution in [0.5, 0.6) is 0 Å². The van der Waals surface area contributed by atoms with E-state index >= 15 is 0 Å². The topological polar surface area (TPSA) is 48.9 Å². The van der Waals surface area contributed by atoms with E-state index in [2.05, 4.69) is 67.6 Å². The number of hydrogen-bond acceptors (Lipinski definition) is 3. The molecule has 2 N–H and O–H groups in total. The first-order valence-corrected chi connectivity index (χ1v) is 9.65. The number of rotatable bonds is 8. The summed E-state index contributed by atoms with van der Waals surface area (Å²) in [6.07, 6.45) is 2.08. The van der Waals surface area contributed by atoms with Gasteiger partial charge < -0.3 is 20.3 Å². The zero-order chi connectivity index (χ0) is 17.2. The van der Waals surface area contributed by atoms with Crippen LogP contribution in [0.25, 0.3) is 0 Å². The van der Waals surface area contributed by atoms with Crippen molar-refractivity contribution in [1.29, 1.82) is 0 Å². The summed E-state index contributed by atoms with van der Waals surface area (Å²) in [5, 5.41) is 6.90. The molecule has 5 nitrogen and oxygen atoms in total. The molecule has 0 radical (unpaired) electrons. The average Bonchev–Trinajstić information content (AvgIpc) is 3.04. The average molecular weight is 525 g/mol. The van der Waals surface area contributed by atoms with E-state index in [-0.39, 0.29) is 24.0 Å². The number of nitrogens with zero attached hydrogens (tertiary/aromatic N) is 2. The molecule has 142 valence electrons. The third-order valence-corrected chi connectivity index (χ3v) is 4.51. The lowest BCUT2D eigenvalue weighted by atomic mass is 10.3. The fourth-order valence-electron chi connectivity index (χ4n) is 2.78. The number of aliphatic imine (C=N–C) groups is 1. The predicted molar refractivity (Wildman–Crippen MR) is 120 cm³/mol. The number of guanidine groups is 1. The van der Waals surface area contributed by atoms with Crippen molar-refractivity contribution in [2.24, 2.45) is 4.99 Å². The van der Waals surface area contributed by atoms with E-state index in [4.69, 9.17) is 4.74 Å². The molecule has 1 saturated heterocycles. The smallest absolute Gasteiger partial charge is 0.191 e. The third kappa shape index (κ3) is 8.13. The van der Waals surface area contributed by atoms with Crippen molar-refractivity contribution >= 4 is 51.6 Å². The first-order chi connectivity index (χ1) is 11.7. The fourth-order valence-corrected chi connectivity index (χ4v) is 3.04. The summed E-state index contributed by atoms with van der Waals surface area (Å²) in [5.74, 6) is 0.914. The van der Waals surface area contributed by atoms with Gasteiger partial charge in [0.05, 0.1) is 0 Å². The monoisotopic (exact) mass is 524 g/mol. The molecule has 7 heteroatoms. The van der Waals surface area contributed by atoms with Crippen LogP contribution in [0.3, 0.4) is 0 Å². The molecule has 1 aromatic carbocycles. The number of ether oxygens (including phenoxy) is 1. The van der Waals surface area contributed by atoms with E-state index in [0.29, 0.717) is 6.04 Å². The lowest BCUT2D eigenvalue weighted by Gasteiger charge is -2.20. The van der Waals surface area contributed by atoms with Crippen LogP contribution in [0.15, 0.2) is 33.7 Å². The molecule has 1 aliphatic rings. The van der Waals surface area contributed by atoms with E-state index in [1.165, 1.54) is 5.69 Å². The number of hydrogen-bond donors (Lipinski definition) is 2. The number of anilines is 1. The summed E-state index contributed by atoms with van der Waals surface area (Å²) >= 11 is 3.49. The lowest BCUT2D eigenvalue weighted by Crippen LogP contribution is -2.44. The molecule has 1 atom stereocenters. The molecule has 1 fully saturated rings. The fraction of sp³-hybridized carbons (Fsp3) is 0.611. The second kappa shape index (κ2) is 12.8. The van der Waals surface area contributed by atoms with Crippen LogP contribution in [0.4, 0.5) is 5.69 Å². The highest BCUT2D eigenvalue weighted by Gasteiger charge is 2.23. The van der Waals surface area contributed by atoms with Gasteiger partial charge in [0.15, 0.2) is 5.96 Å². The maximum atomic E-state index is 5.36. The summed E-state index contributed by atoms with van der Waals surface area (Å²) in [6, 6.07) is 8.96. The number of benzene rings is 1. The zero-order valence-corrected chi connectivity index (χ0v) is 19.0. The lowest BCUT2D eigenvalue weighted by molar-refractivity contribution is 0.146. The first kappa shape index (κ1) is 22.5. The van der Waals surface area contributed by atoms with E-state index < -0.39 is 0 Å². The van der Waals surface area contributed by atoms with Crippen LogP contribution in [0.1, 0.15) is 26.7 Å². The Bertz CT molecular complexity index is 512. The quantitative estimate of drug-likeness (QED) is 0.236. The second-order valence-electron chi connectivity index (χ2n) is 5.86. The molecule has 0 aliphatic carbocycles. The molecular weight excluding hydrogens is 495 g/mol. The van der Waals surface area contributed by atoms with Crippen molar-refractivity contribution in [3.05, 3.63) is 28.7 Å². The van der Waals surface area contributed by atoms with E-state index in [9.17, 15) is 0 Å². The Balaban J connectivity index is 0.00000312. The van der Waals surface area contributed by atoms with Crippen molar-refractivity contribution < 1.29 is 4.74 Å². The van der Waals surface area contributed by atoms with Gasteiger partial charge in [0.1, 0.15) is 0 Å². The van der Waals surface area contributed by atoms with Crippen molar-refractivity contribution in [1.82, 2.24) is 10.6 Å². The molecule has 0 aromatic heterocycles. The van der Waals surface area contributed by atoms with Crippen molar-refractivity contribution in [3.8, 4) is 0 Å². The highest BCUT2D eigenvalue weighted by atomic mass is 127. The molecule has 0 spiro atoms. The van der Waals surface area contributed by atoms with Crippen LogP contribution in [0.2, 0.25) is 0 Å². The van der Waals surface area contributed by atoms with Gasteiger partial charge in [-0.15, -0.1) is 24.0 Å². The van der Waals surface area contributed by atoms with Crippen LogP contribution in [0, 0.1) is 0 Å². The Morgan fingerprint density at radius 3 is 2.76 bits per heavy atom. The molecule has 1 aliphatic heterocycles. The van der Waals surface area contributed by atoms with Gasteiger partial charge in [-0.2, -0.15) is 0 Å². The van der Waals surface area contributed by atoms with Gasteiger partial charge in [0.25, 0.3) is 0 Å². The summed E-state index contributed by atoms with van der Waals surface area (Å²) in [4.78, 5) is 7.07. The van der Waals surface area contributed by atoms with E-state index in [1.54, 1.807) is 0 Å². The van der Waals surface area contributed by atoms with Crippen molar-refractivity contribution in [3.63, 3.8) is 0 Å². The van der Waals surface area contributed by atoms with Crippen molar-refractivity contribution in [2.75, 3.05) is 44.3 Å². The summed E-state index contributed by atoms with van der Waals surface area (Å²) in [6.45, 7) is 9.41. The van der Waals surface area contributed by atoms with Gasteiger partial charge in [0.2, 0.25) is 0 Å². The molecule has 0 saturated carbocycles. The molecule has 2 rings (SSSR count). The minimum atomic E-state index is 0. The van der Waals surface area contributed by atoms with Crippen LogP contribution in [-0.4, -0.2) is 51.4 Å². The molecule has 1 unspecified atom stereocenters. The Morgan fingerprint density at radius 2 is 2.08 bits per heavy atom. The normalized spacial score (nSPS) is 17.3. The maximum Gasteiger partial charge on any atom is 0.191 e. The van der Waals surface area contributed by atoms with Gasteiger partial charge in [-0.05, 0) is 51.0 Å². The third-order valence-electron chi connectivity index (χ3n) is 3.99. The zero-order valence-electron chi connectivity index (χ0n) is 15.1. The Labute approximate surface area is 177 Å². The maximum absolute atomic E-state index is 5.36. The molecule has 1 aromatic rings. The van der Waals surface area contributed by atoms with E-state index in [1.807, 2.05) is 6.92 Å². The van der Waals surface area contributed by atoms with Crippen LogP contribution in [-0.2, 0) is 4.74 Å². The minimum Gasteiger partial charge on any atom is -0.382 e. The Morgan fingerprint density at radius 1 is 1.32 bits per heavy atom. The SMILES string of the molecule is CCNC(=NCCCOCC)NC1CCN(c2ccc(Br)cc2)C1.I. The molecular formula is C18H30BrIN4O. The van der Waals surface area contributed by atoms with Crippen molar-refractivity contribution in [2.45, 2.75) is 32.7 Å². The predicted octanol–water partition coefficient (Wildman–Crippen LogP) is 3.63. The molecule has 0 amide bonds. The first-order valence-electron chi connectivity index (χ1n) is 8.86. The Hall–Kier alpha value is -0.540. The van der Waals surface area contributed by atoms with Crippen LogP contribution < -0.4 is 15.5 Å². The molecule has 25 heavy (non-hydrogen) atoms. The standard InChI is InChI=1S/C18H29BrN4O.HI/c1-3-20-18(21-11-5-13-24-4-2)22-16-10-12-23(14-16)17-8-6-15(19)7-9-17;/h6-9,16H,3-5,10-14H2,1-2H3,(H2,20,21,22);1H. The Kier molecular flexibility index (Phi) is 11.5. The summed E-state index contributed by atoms with van der Waals surface area (Å²) < 4.78 is 6.48. The van der Waals surface area contributed by atoms with Gasteiger partial charge in [-0.1, -0.05) is 15.9 Å². The van der Waals surface area contributed by atoms with Gasteiger partial charge >= 0.3 is 0 Å². The largest absolute Gasteiger partial charge is 0.382 e. The van der Waals surface area contributed by atoms with E-state index in [0.717, 1.165) is 62.7 Å². The van der Waals surface area contributed by atoms with Gasteiger partial charge in [-0.3, -0.25) is 4.99 Å². The minimum absolute atomic E-state index is 0. The summed E-state index contributed by atoms with van der Waals surface area (Å²) in [5.41, 5.74) is 1.28. The molecule has 0 bridgehead atoms. The highest BCUT2D eigenvalue weighted by molar-refractivity contribution is 14.0.